The van der Waals surface area contributed by atoms with Crippen molar-refractivity contribution >= 4 is 5.91 Å². The molecule has 0 spiro atoms. The highest BCUT2D eigenvalue weighted by Gasteiger charge is 2.31. The van der Waals surface area contributed by atoms with E-state index in [1.165, 1.54) is 12.0 Å². The van der Waals surface area contributed by atoms with Crippen molar-refractivity contribution in [1.82, 2.24) is 10.3 Å². The number of aryl methyl sites for hydroxylation is 1. The second-order valence-corrected chi connectivity index (χ2v) is 6.03. The Labute approximate surface area is 109 Å². The van der Waals surface area contributed by atoms with Crippen LogP contribution in [0.5, 0.6) is 0 Å². The molecule has 1 fully saturated rings. The Balaban J connectivity index is 1.73. The average Bonchev–Trinajstić information content (AvgIpc) is 2.67. The number of carbonyl (C=O) groups excluding carboxylic acids is 1. The maximum absolute atomic E-state index is 11.9. The highest BCUT2D eigenvalue weighted by atomic mass is 16.1. The first kappa shape index (κ1) is 13.1. The Bertz CT molecular complexity index is 400. The van der Waals surface area contributed by atoms with Crippen LogP contribution in [0.4, 0.5) is 0 Å². The average molecular weight is 246 g/mol. The molecule has 1 N–H and O–H groups in total. The van der Waals surface area contributed by atoms with E-state index in [0.717, 1.165) is 19.3 Å². The standard InChI is InChI=1S/C15H22N2O/c1-15(2)8-5-13(11-15)17-14(18)4-3-12-6-9-16-10-7-12/h6-7,9-10,13H,3-5,8,11H2,1-2H3,(H,17,18). The van der Waals surface area contributed by atoms with Crippen LogP contribution in [0.25, 0.3) is 0 Å². The van der Waals surface area contributed by atoms with E-state index in [1.54, 1.807) is 12.4 Å². The summed E-state index contributed by atoms with van der Waals surface area (Å²) in [5.41, 5.74) is 1.56. The fraction of sp³-hybridized carbons (Fsp3) is 0.600. The van der Waals surface area contributed by atoms with Crippen molar-refractivity contribution in [2.45, 2.75) is 52.0 Å². The zero-order valence-electron chi connectivity index (χ0n) is 11.3. The number of hydrogen-bond acceptors (Lipinski definition) is 2. The zero-order chi connectivity index (χ0) is 13.0. The minimum Gasteiger partial charge on any atom is -0.353 e. The van der Waals surface area contributed by atoms with Gasteiger partial charge in [0.15, 0.2) is 0 Å². The Hall–Kier alpha value is -1.38. The van der Waals surface area contributed by atoms with Gasteiger partial charge in [0.05, 0.1) is 0 Å². The Morgan fingerprint density at radius 3 is 2.78 bits per heavy atom. The van der Waals surface area contributed by atoms with Gasteiger partial charge in [-0.2, -0.15) is 0 Å². The van der Waals surface area contributed by atoms with Crippen LogP contribution >= 0.6 is 0 Å². The van der Waals surface area contributed by atoms with Crippen LogP contribution < -0.4 is 5.32 Å². The van der Waals surface area contributed by atoms with Crippen LogP contribution in [0.1, 0.15) is 45.1 Å². The molecule has 3 heteroatoms. The predicted octanol–water partition coefficient (Wildman–Crippen LogP) is 2.71. The Kier molecular flexibility index (Phi) is 4.00. The van der Waals surface area contributed by atoms with Gasteiger partial charge < -0.3 is 5.32 Å². The number of carbonyl (C=O) groups is 1. The van der Waals surface area contributed by atoms with Gasteiger partial charge in [-0.1, -0.05) is 13.8 Å². The zero-order valence-corrected chi connectivity index (χ0v) is 11.3. The Morgan fingerprint density at radius 2 is 2.17 bits per heavy atom. The molecule has 98 valence electrons. The molecule has 0 bridgehead atoms. The van der Waals surface area contributed by atoms with Gasteiger partial charge in [0, 0.05) is 24.9 Å². The van der Waals surface area contributed by atoms with E-state index < -0.39 is 0 Å². The van der Waals surface area contributed by atoms with Crippen LogP contribution in [0.3, 0.4) is 0 Å². The summed E-state index contributed by atoms with van der Waals surface area (Å²) in [6.45, 7) is 4.55. The molecule has 2 rings (SSSR count). The number of hydrogen-bond donors (Lipinski definition) is 1. The molecular formula is C15H22N2O. The van der Waals surface area contributed by atoms with E-state index in [2.05, 4.69) is 24.1 Å². The lowest BCUT2D eigenvalue weighted by molar-refractivity contribution is -0.121. The van der Waals surface area contributed by atoms with Crippen molar-refractivity contribution in [3.8, 4) is 0 Å². The summed E-state index contributed by atoms with van der Waals surface area (Å²) >= 11 is 0. The minimum absolute atomic E-state index is 0.175. The number of pyridine rings is 1. The number of rotatable bonds is 4. The lowest BCUT2D eigenvalue weighted by Crippen LogP contribution is -2.33. The molecule has 1 aliphatic carbocycles. The van der Waals surface area contributed by atoms with Gasteiger partial charge >= 0.3 is 0 Å². The maximum atomic E-state index is 11.9. The van der Waals surface area contributed by atoms with Crippen LogP contribution in [0, 0.1) is 5.41 Å². The molecule has 18 heavy (non-hydrogen) atoms. The lowest BCUT2D eigenvalue weighted by Gasteiger charge is -2.17. The van der Waals surface area contributed by atoms with Crippen molar-refractivity contribution in [2.24, 2.45) is 5.41 Å². The van der Waals surface area contributed by atoms with Gasteiger partial charge in [0.2, 0.25) is 5.91 Å². The first-order chi connectivity index (χ1) is 8.55. The van der Waals surface area contributed by atoms with Gasteiger partial charge in [-0.15, -0.1) is 0 Å². The van der Waals surface area contributed by atoms with Crippen molar-refractivity contribution in [3.63, 3.8) is 0 Å². The van der Waals surface area contributed by atoms with Crippen molar-refractivity contribution in [3.05, 3.63) is 30.1 Å². The number of amides is 1. The van der Waals surface area contributed by atoms with Crippen molar-refractivity contribution in [1.29, 1.82) is 0 Å². The van der Waals surface area contributed by atoms with E-state index >= 15 is 0 Å². The molecule has 1 heterocycles. The van der Waals surface area contributed by atoms with Gasteiger partial charge in [-0.3, -0.25) is 9.78 Å². The van der Waals surface area contributed by atoms with E-state index in [0.29, 0.717) is 17.9 Å². The van der Waals surface area contributed by atoms with E-state index in [-0.39, 0.29) is 5.91 Å². The maximum Gasteiger partial charge on any atom is 0.220 e. The molecule has 1 saturated carbocycles. The van der Waals surface area contributed by atoms with Gasteiger partial charge in [-0.05, 0) is 48.8 Å². The fourth-order valence-corrected chi connectivity index (χ4v) is 2.67. The quantitative estimate of drug-likeness (QED) is 0.887. The molecule has 1 aromatic rings. The molecule has 1 atom stereocenters. The van der Waals surface area contributed by atoms with Crippen LogP contribution in [0.15, 0.2) is 24.5 Å². The Morgan fingerprint density at radius 1 is 1.44 bits per heavy atom. The summed E-state index contributed by atoms with van der Waals surface area (Å²) in [4.78, 5) is 15.8. The molecule has 0 aromatic carbocycles. The minimum atomic E-state index is 0.175. The summed E-state index contributed by atoms with van der Waals surface area (Å²) in [5.74, 6) is 0.175. The number of nitrogens with zero attached hydrogens (tertiary/aromatic N) is 1. The van der Waals surface area contributed by atoms with Crippen LogP contribution in [-0.4, -0.2) is 16.9 Å². The molecule has 0 saturated heterocycles. The molecule has 1 aliphatic rings. The summed E-state index contributed by atoms with van der Waals surface area (Å²) < 4.78 is 0. The van der Waals surface area contributed by atoms with Crippen molar-refractivity contribution in [2.75, 3.05) is 0 Å². The fourth-order valence-electron chi connectivity index (χ4n) is 2.67. The molecule has 0 aliphatic heterocycles. The summed E-state index contributed by atoms with van der Waals surface area (Å²) in [7, 11) is 0. The SMILES string of the molecule is CC1(C)CCC(NC(=O)CCc2ccncc2)C1. The topological polar surface area (TPSA) is 42.0 Å². The monoisotopic (exact) mass is 246 g/mol. The molecule has 1 amide bonds. The van der Waals surface area contributed by atoms with Gasteiger partial charge in [-0.25, -0.2) is 0 Å². The highest BCUT2D eigenvalue weighted by molar-refractivity contribution is 5.76. The third kappa shape index (κ3) is 3.83. The van der Waals surface area contributed by atoms with E-state index in [4.69, 9.17) is 0 Å². The largest absolute Gasteiger partial charge is 0.353 e. The normalized spacial score (nSPS) is 21.8. The molecule has 1 unspecified atom stereocenters. The summed E-state index contributed by atoms with van der Waals surface area (Å²) in [6.07, 6.45) is 8.34. The van der Waals surface area contributed by atoms with E-state index in [1.807, 2.05) is 12.1 Å². The number of aromatic nitrogens is 1. The van der Waals surface area contributed by atoms with Gasteiger partial charge in [0.1, 0.15) is 0 Å². The lowest BCUT2D eigenvalue weighted by atomic mass is 9.92. The van der Waals surface area contributed by atoms with Crippen LogP contribution in [0.2, 0.25) is 0 Å². The third-order valence-corrected chi connectivity index (χ3v) is 3.72. The summed E-state index contributed by atoms with van der Waals surface area (Å²) in [6, 6.07) is 4.31. The predicted molar refractivity (Wildman–Crippen MR) is 72.1 cm³/mol. The number of nitrogens with one attached hydrogen (secondary N) is 1. The second kappa shape index (κ2) is 5.51. The molecule has 0 radical (unpaired) electrons. The van der Waals surface area contributed by atoms with Crippen molar-refractivity contribution < 1.29 is 4.79 Å². The molecule has 3 nitrogen and oxygen atoms in total. The third-order valence-electron chi connectivity index (χ3n) is 3.72. The van der Waals surface area contributed by atoms with Crippen LogP contribution in [-0.2, 0) is 11.2 Å². The molecule has 1 aromatic heterocycles. The first-order valence-electron chi connectivity index (χ1n) is 6.73. The smallest absolute Gasteiger partial charge is 0.220 e. The highest BCUT2D eigenvalue weighted by Crippen LogP contribution is 2.36. The van der Waals surface area contributed by atoms with E-state index in [9.17, 15) is 4.79 Å². The second-order valence-electron chi connectivity index (χ2n) is 6.03. The summed E-state index contributed by atoms with van der Waals surface area (Å²) in [5, 5.41) is 3.15. The van der Waals surface area contributed by atoms with Gasteiger partial charge in [0.25, 0.3) is 0 Å². The first-order valence-corrected chi connectivity index (χ1v) is 6.73. The molecular weight excluding hydrogens is 224 g/mol.